The van der Waals surface area contributed by atoms with Crippen molar-refractivity contribution in [3.8, 4) is 0 Å². The van der Waals surface area contributed by atoms with Crippen molar-refractivity contribution >= 4 is 17.8 Å². The number of rotatable bonds is 1. The van der Waals surface area contributed by atoms with Crippen molar-refractivity contribution in [1.82, 2.24) is 10.2 Å². The highest BCUT2D eigenvalue weighted by Crippen LogP contribution is 2.24. The number of amides is 2. The van der Waals surface area contributed by atoms with Crippen molar-refractivity contribution in [1.29, 1.82) is 0 Å². The van der Waals surface area contributed by atoms with Crippen molar-refractivity contribution in [2.75, 3.05) is 19.6 Å². The Morgan fingerprint density at radius 3 is 2.31 bits per heavy atom. The van der Waals surface area contributed by atoms with Crippen molar-refractivity contribution in [3.05, 3.63) is 0 Å². The predicted molar refractivity (Wildman–Crippen MR) is 57.5 cm³/mol. The Morgan fingerprint density at radius 2 is 1.88 bits per heavy atom. The largest absolute Gasteiger partial charge is 0.405 e. The lowest BCUT2D eigenvalue weighted by atomic mass is 10.3. The average Bonchev–Trinajstić information content (AvgIpc) is 2.11. The topological polar surface area (TPSA) is 32.3 Å². The summed E-state index contributed by atoms with van der Waals surface area (Å²) in [6, 6.07) is -0.628. The number of halogens is 3. The summed E-state index contributed by atoms with van der Waals surface area (Å²) in [6.07, 6.45) is -4.35. The van der Waals surface area contributed by atoms with Gasteiger partial charge < -0.3 is 10.2 Å². The van der Waals surface area contributed by atoms with Crippen LogP contribution in [-0.2, 0) is 0 Å². The van der Waals surface area contributed by atoms with E-state index < -0.39 is 18.8 Å². The second-order valence-corrected chi connectivity index (χ2v) is 5.82. The van der Waals surface area contributed by atoms with Crippen LogP contribution in [0, 0.1) is 0 Å². The fraction of sp³-hybridized carbons (Fsp3) is 0.889. The fourth-order valence-corrected chi connectivity index (χ4v) is 2.96. The lowest BCUT2D eigenvalue weighted by Gasteiger charge is -2.34. The molecule has 1 aliphatic rings. The second-order valence-electron chi connectivity index (χ2n) is 3.94. The van der Waals surface area contributed by atoms with Crippen LogP contribution in [-0.4, -0.2) is 47.2 Å². The molecule has 0 spiro atoms. The van der Waals surface area contributed by atoms with E-state index in [9.17, 15) is 18.0 Å². The molecule has 7 heteroatoms. The third kappa shape index (κ3) is 4.51. The van der Waals surface area contributed by atoms with Gasteiger partial charge in [0, 0.05) is 23.6 Å². The Balaban J connectivity index is 2.41. The molecule has 1 saturated heterocycles. The molecule has 2 unspecified atom stereocenters. The van der Waals surface area contributed by atoms with Gasteiger partial charge in [-0.15, -0.1) is 0 Å². The van der Waals surface area contributed by atoms with E-state index >= 15 is 0 Å². The van der Waals surface area contributed by atoms with Crippen molar-refractivity contribution in [3.63, 3.8) is 0 Å². The zero-order valence-electron chi connectivity index (χ0n) is 9.17. The van der Waals surface area contributed by atoms with Crippen molar-refractivity contribution in [2.45, 2.75) is 30.5 Å². The summed E-state index contributed by atoms with van der Waals surface area (Å²) in [7, 11) is 0. The second kappa shape index (κ2) is 5.16. The third-order valence-corrected chi connectivity index (χ3v) is 3.37. The van der Waals surface area contributed by atoms with Crippen LogP contribution in [0.1, 0.15) is 13.8 Å². The molecule has 0 aromatic rings. The summed E-state index contributed by atoms with van der Waals surface area (Å²) in [4.78, 5) is 12.9. The zero-order valence-corrected chi connectivity index (χ0v) is 9.99. The van der Waals surface area contributed by atoms with Gasteiger partial charge in [-0.05, 0) is 0 Å². The molecule has 0 aromatic carbocycles. The zero-order chi connectivity index (χ0) is 12.3. The number of nitrogens with one attached hydrogen (secondary N) is 1. The van der Waals surface area contributed by atoms with Gasteiger partial charge in [-0.1, -0.05) is 13.8 Å². The predicted octanol–water partition coefficient (Wildman–Crippen LogP) is 2.08. The molecule has 94 valence electrons. The van der Waals surface area contributed by atoms with Gasteiger partial charge in [0.2, 0.25) is 0 Å². The first-order valence-electron chi connectivity index (χ1n) is 5.03. The summed E-state index contributed by atoms with van der Waals surface area (Å²) in [5.74, 6) is 0. The first-order chi connectivity index (χ1) is 7.28. The van der Waals surface area contributed by atoms with Gasteiger partial charge in [0.05, 0.1) is 0 Å². The van der Waals surface area contributed by atoms with Gasteiger partial charge in [-0.3, -0.25) is 0 Å². The lowest BCUT2D eigenvalue weighted by Crippen LogP contribution is -2.50. The van der Waals surface area contributed by atoms with E-state index in [2.05, 4.69) is 0 Å². The van der Waals surface area contributed by atoms with Gasteiger partial charge in [0.1, 0.15) is 6.54 Å². The number of nitrogens with zero attached hydrogens (tertiary/aromatic N) is 1. The van der Waals surface area contributed by atoms with E-state index in [4.69, 9.17) is 0 Å². The van der Waals surface area contributed by atoms with E-state index in [1.807, 2.05) is 19.2 Å². The summed E-state index contributed by atoms with van der Waals surface area (Å²) < 4.78 is 35.7. The van der Waals surface area contributed by atoms with Gasteiger partial charge in [0.25, 0.3) is 0 Å². The molecule has 0 bridgehead atoms. The van der Waals surface area contributed by atoms with Gasteiger partial charge in [0.15, 0.2) is 0 Å². The Labute approximate surface area is 96.7 Å². The van der Waals surface area contributed by atoms with Gasteiger partial charge >= 0.3 is 12.2 Å². The van der Waals surface area contributed by atoms with E-state index in [-0.39, 0.29) is 10.5 Å². The van der Waals surface area contributed by atoms with Crippen LogP contribution < -0.4 is 5.32 Å². The molecule has 2 atom stereocenters. The Bertz CT molecular complexity index is 250. The third-order valence-electron chi connectivity index (χ3n) is 2.15. The fourth-order valence-electron chi connectivity index (χ4n) is 1.63. The Morgan fingerprint density at radius 1 is 1.38 bits per heavy atom. The Kier molecular flexibility index (Phi) is 4.35. The smallest absolute Gasteiger partial charge is 0.329 e. The number of thioether (sulfide) groups is 1. The molecular weight excluding hydrogens is 241 g/mol. The van der Waals surface area contributed by atoms with Crippen LogP contribution in [0.25, 0.3) is 0 Å². The number of alkyl halides is 3. The maximum Gasteiger partial charge on any atom is 0.405 e. The van der Waals surface area contributed by atoms with Crippen LogP contribution in [0.4, 0.5) is 18.0 Å². The van der Waals surface area contributed by atoms with Crippen LogP contribution >= 0.6 is 11.8 Å². The maximum atomic E-state index is 11.9. The molecule has 16 heavy (non-hydrogen) atoms. The molecule has 0 aromatic heterocycles. The van der Waals surface area contributed by atoms with Crippen LogP contribution in [0.2, 0.25) is 0 Å². The Hall–Kier alpha value is -0.590. The minimum atomic E-state index is -4.35. The van der Waals surface area contributed by atoms with Crippen LogP contribution in [0.5, 0.6) is 0 Å². The van der Waals surface area contributed by atoms with E-state index in [1.54, 1.807) is 11.8 Å². The molecule has 0 radical (unpaired) electrons. The maximum absolute atomic E-state index is 11.9. The number of hydrogen-bond acceptors (Lipinski definition) is 2. The van der Waals surface area contributed by atoms with Crippen molar-refractivity contribution in [2.24, 2.45) is 0 Å². The van der Waals surface area contributed by atoms with Crippen molar-refractivity contribution < 1.29 is 18.0 Å². The molecule has 1 rings (SSSR count). The molecule has 0 aliphatic carbocycles. The molecule has 1 aliphatic heterocycles. The number of hydrogen-bond donors (Lipinski definition) is 1. The molecule has 1 heterocycles. The highest BCUT2D eigenvalue weighted by molar-refractivity contribution is 8.00. The van der Waals surface area contributed by atoms with E-state index in [0.717, 1.165) is 0 Å². The highest BCUT2D eigenvalue weighted by atomic mass is 32.2. The summed E-state index contributed by atoms with van der Waals surface area (Å²) in [6.45, 7) is 3.66. The van der Waals surface area contributed by atoms with E-state index in [1.165, 1.54) is 4.90 Å². The van der Waals surface area contributed by atoms with Crippen LogP contribution in [0.3, 0.4) is 0 Å². The first kappa shape index (κ1) is 13.5. The minimum absolute atomic E-state index is 0.264. The minimum Gasteiger partial charge on any atom is -0.329 e. The number of urea groups is 1. The molecule has 0 saturated carbocycles. The molecule has 1 fully saturated rings. The van der Waals surface area contributed by atoms with E-state index in [0.29, 0.717) is 13.1 Å². The van der Waals surface area contributed by atoms with Gasteiger partial charge in [-0.2, -0.15) is 24.9 Å². The standard InChI is InChI=1S/C9H15F3N2OS/c1-6-3-14(4-7(2)16-6)8(15)13-5-9(10,11)12/h6-7H,3-5H2,1-2H3,(H,13,15). The number of carbonyl (C=O) groups is 1. The average molecular weight is 256 g/mol. The number of carbonyl (C=O) groups excluding carboxylic acids is 1. The quantitative estimate of drug-likeness (QED) is 0.779. The SMILES string of the molecule is CC1CN(C(=O)NCC(F)(F)F)CC(C)S1. The summed E-state index contributed by atoms with van der Waals surface area (Å²) in [5.41, 5.74) is 0. The summed E-state index contributed by atoms with van der Waals surface area (Å²) in [5, 5.41) is 2.41. The molecule has 3 nitrogen and oxygen atoms in total. The first-order valence-corrected chi connectivity index (χ1v) is 5.97. The molecule has 2 amide bonds. The van der Waals surface area contributed by atoms with Crippen LogP contribution in [0.15, 0.2) is 0 Å². The van der Waals surface area contributed by atoms with Gasteiger partial charge in [-0.25, -0.2) is 4.79 Å². The normalized spacial score (nSPS) is 26.7. The molecule has 1 N–H and O–H groups in total. The summed E-state index contributed by atoms with van der Waals surface area (Å²) >= 11 is 1.74. The lowest BCUT2D eigenvalue weighted by molar-refractivity contribution is -0.123. The monoisotopic (exact) mass is 256 g/mol. The molecular formula is C9H15F3N2OS. The highest BCUT2D eigenvalue weighted by Gasteiger charge is 2.31.